The van der Waals surface area contributed by atoms with Crippen molar-refractivity contribution in [1.29, 1.82) is 0 Å². The molecule has 1 aromatic carbocycles. The minimum absolute atomic E-state index is 0.222. The predicted molar refractivity (Wildman–Crippen MR) is 69.3 cm³/mol. The van der Waals surface area contributed by atoms with E-state index in [1.54, 1.807) is 6.07 Å². The van der Waals surface area contributed by atoms with E-state index in [0.29, 0.717) is 5.69 Å². The van der Waals surface area contributed by atoms with E-state index in [1.165, 1.54) is 0 Å². The first-order valence-corrected chi connectivity index (χ1v) is 5.98. The van der Waals surface area contributed by atoms with Crippen molar-refractivity contribution < 1.29 is 4.79 Å². The van der Waals surface area contributed by atoms with E-state index in [4.69, 9.17) is 0 Å². The highest BCUT2D eigenvalue weighted by Gasteiger charge is 2.13. The number of hydrogen-bond acceptors (Lipinski definition) is 4. The van der Waals surface area contributed by atoms with Gasteiger partial charge in [-0.25, -0.2) is 4.79 Å². The van der Waals surface area contributed by atoms with Crippen molar-refractivity contribution in [3.63, 3.8) is 0 Å². The molecule has 2 rings (SSSR count). The van der Waals surface area contributed by atoms with Gasteiger partial charge in [-0.05, 0) is 39.0 Å². The Morgan fingerprint density at radius 3 is 2.65 bits per heavy atom. The van der Waals surface area contributed by atoms with E-state index in [2.05, 4.69) is 19.4 Å². The summed E-state index contributed by atoms with van der Waals surface area (Å²) in [4.78, 5) is 11.6. The molecule has 90 valence electrons. The number of carbonyl (C=O) groups excluding carboxylic acids is 1. The summed E-state index contributed by atoms with van der Waals surface area (Å²) < 4.78 is 8.22. The maximum atomic E-state index is 11.6. The average Bonchev–Trinajstić information content (AvgIpc) is 2.61. The standard InChI is InChI=1S/C11H14N4OS/c1-11(2,3)13-10(16)12-7-4-5-8-9(6-7)15-17-14-8/h4-6H,1-3H3,(H2,12,13,16). The van der Waals surface area contributed by atoms with E-state index >= 15 is 0 Å². The molecule has 5 nitrogen and oxygen atoms in total. The van der Waals surface area contributed by atoms with Crippen LogP contribution in [0.1, 0.15) is 20.8 Å². The number of rotatable bonds is 1. The summed E-state index contributed by atoms with van der Waals surface area (Å²) in [5.41, 5.74) is 2.10. The van der Waals surface area contributed by atoms with Crippen LogP contribution in [0.3, 0.4) is 0 Å². The summed E-state index contributed by atoms with van der Waals surface area (Å²) in [5.74, 6) is 0. The number of hydrogen-bond donors (Lipinski definition) is 2. The fraction of sp³-hybridized carbons (Fsp3) is 0.364. The Balaban J connectivity index is 2.10. The van der Waals surface area contributed by atoms with Gasteiger partial charge in [0.15, 0.2) is 0 Å². The molecule has 0 bridgehead atoms. The van der Waals surface area contributed by atoms with Crippen LogP contribution in [0.4, 0.5) is 10.5 Å². The molecule has 2 amide bonds. The van der Waals surface area contributed by atoms with Gasteiger partial charge in [-0.1, -0.05) is 0 Å². The number of nitrogens with one attached hydrogen (secondary N) is 2. The Hall–Kier alpha value is -1.69. The zero-order valence-corrected chi connectivity index (χ0v) is 10.8. The number of carbonyl (C=O) groups is 1. The van der Waals surface area contributed by atoms with Crippen molar-refractivity contribution in [1.82, 2.24) is 14.1 Å². The van der Waals surface area contributed by atoms with E-state index in [0.717, 1.165) is 22.8 Å². The average molecular weight is 250 g/mol. The molecular formula is C11H14N4OS. The summed E-state index contributed by atoms with van der Waals surface area (Å²) in [6, 6.07) is 5.23. The van der Waals surface area contributed by atoms with E-state index in [9.17, 15) is 4.79 Å². The van der Waals surface area contributed by atoms with Crippen LogP contribution >= 0.6 is 11.7 Å². The van der Waals surface area contributed by atoms with Gasteiger partial charge in [-0.15, -0.1) is 0 Å². The van der Waals surface area contributed by atoms with Crippen molar-refractivity contribution in [3.8, 4) is 0 Å². The fourth-order valence-corrected chi connectivity index (χ4v) is 1.88. The van der Waals surface area contributed by atoms with Crippen LogP contribution in [0.2, 0.25) is 0 Å². The molecule has 0 atom stereocenters. The van der Waals surface area contributed by atoms with E-state index < -0.39 is 0 Å². The number of fused-ring (bicyclic) bond motifs is 1. The number of amides is 2. The fourth-order valence-electron chi connectivity index (χ4n) is 1.36. The van der Waals surface area contributed by atoms with Crippen molar-refractivity contribution >= 4 is 34.5 Å². The summed E-state index contributed by atoms with van der Waals surface area (Å²) in [6.07, 6.45) is 0. The Morgan fingerprint density at radius 1 is 1.24 bits per heavy atom. The summed E-state index contributed by atoms with van der Waals surface area (Å²) in [5, 5.41) is 5.59. The Kier molecular flexibility index (Phi) is 2.97. The van der Waals surface area contributed by atoms with E-state index in [1.807, 2.05) is 32.9 Å². The molecule has 0 radical (unpaired) electrons. The molecule has 0 saturated carbocycles. The maximum absolute atomic E-state index is 11.6. The zero-order valence-electron chi connectivity index (χ0n) is 9.94. The number of aromatic nitrogens is 2. The molecule has 6 heteroatoms. The summed E-state index contributed by atoms with van der Waals surface area (Å²) in [6.45, 7) is 5.79. The predicted octanol–water partition coefficient (Wildman–Crippen LogP) is 2.61. The van der Waals surface area contributed by atoms with E-state index in [-0.39, 0.29) is 11.6 Å². The third-order valence-corrected chi connectivity index (χ3v) is 2.56. The molecule has 1 heterocycles. The number of nitrogens with zero attached hydrogens (tertiary/aromatic N) is 2. The third kappa shape index (κ3) is 3.13. The van der Waals surface area contributed by atoms with Crippen molar-refractivity contribution in [2.75, 3.05) is 5.32 Å². The van der Waals surface area contributed by atoms with Gasteiger partial charge in [-0.3, -0.25) is 0 Å². The lowest BCUT2D eigenvalue weighted by Crippen LogP contribution is -2.43. The largest absolute Gasteiger partial charge is 0.333 e. The second kappa shape index (κ2) is 4.29. The van der Waals surface area contributed by atoms with Crippen LogP contribution in [-0.2, 0) is 0 Å². The molecule has 2 aromatic rings. The van der Waals surface area contributed by atoms with Gasteiger partial charge >= 0.3 is 6.03 Å². The SMILES string of the molecule is CC(C)(C)NC(=O)Nc1ccc2nsnc2c1. The van der Waals surface area contributed by atoms with Crippen LogP contribution < -0.4 is 10.6 Å². The Bertz CT molecular complexity index is 544. The first-order valence-electron chi connectivity index (χ1n) is 5.25. The molecule has 17 heavy (non-hydrogen) atoms. The summed E-state index contributed by atoms with van der Waals surface area (Å²) in [7, 11) is 0. The first kappa shape index (κ1) is 11.8. The molecular weight excluding hydrogens is 236 g/mol. The molecule has 2 N–H and O–H groups in total. The van der Waals surface area contributed by atoms with Gasteiger partial charge in [0.2, 0.25) is 0 Å². The minimum Gasteiger partial charge on any atom is -0.333 e. The van der Waals surface area contributed by atoms with Crippen LogP contribution in [0, 0.1) is 0 Å². The van der Waals surface area contributed by atoms with Gasteiger partial charge in [0, 0.05) is 11.2 Å². The molecule has 0 aliphatic heterocycles. The second-order valence-corrected chi connectivity index (χ2v) is 5.33. The lowest BCUT2D eigenvalue weighted by atomic mass is 10.1. The highest BCUT2D eigenvalue weighted by Crippen LogP contribution is 2.17. The number of benzene rings is 1. The van der Waals surface area contributed by atoms with Crippen LogP contribution in [0.25, 0.3) is 11.0 Å². The lowest BCUT2D eigenvalue weighted by molar-refractivity contribution is 0.244. The van der Waals surface area contributed by atoms with Gasteiger partial charge < -0.3 is 10.6 Å². The van der Waals surface area contributed by atoms with Crippen LogP contribution in [0.5, 0.6) is 0 Å². The highest BCUT2D eigenvalue weighted by molar-refractivity contribution is 7.00. The molecule has 0 aliphatic carbocycles. The van der Waals surface area contributed by atoms with Crippen LogP contribution in [-0.4, -0.2) is 20.3 Å². The molecule has 0 fully saturated rings. The Labute approximate surface area is 104 Å². The lowest BCUT2D eigenvalue weighted by Gasteiger charge is -2.20. The van der Waals surface area contributed by atoms with Crippen molar-refractivity contribution in [2.24, 2.45) is 0 Å². The summed E-state index contributed by atoms with van der Waals surface area (Å²) >= 11 is 1.16. The highest BCUT2D eigenvalue weighted by atomic mass is 32.1. The maximum Gasteiger partial charge on any atom is 0.319 e. The molecule has 0 aliphatic rings. The molecule has 1 aromatic heterocycles. The minimum atomic E-state index is -0.254. The number of urea groups is 1. The normalized spacial score (nSPS) is 11.5. The quantitative estimate of drug-likeness (QED) is 0.817. The van der Waals surface area contributed by atoms with Gasteiger partial charge in [-0.2, -0.15) is 8.75 Å². The van der Waals surface area contributed by atoms with Crippen LogP contribution in [0.15, 0.2) is 18.2 Å². The molecule has 0 saturated heterocycles. The first-order chi connectivity index (χ1) is 7.94. The topological polar surface area (TPSA) is 66.9 Å². The van der Waals surface area contributed by atoms with Gasteiger partial charge in [0.25, 0.3) is 0 Å². The van der Waals surface area contributed by atoms with Crippen molar-refractivity contribution in [2.45, 2.75) is 26.3 Å². The molecule has 0 spiro atoms. The smallest absolute Gasteiger partial charge is 0.319 e. The van der Waals surface area contributed by atoms with Gasteiger partial charge in [0.05, 0.1) is 11.7 Å². The van der Waals surface area contributed by atoms with Crippen molar-refractivity contribution in [3.05, 3.63) is 18.2 Å². The Morgan fingerprint density at radius 2 is 1.94 bits per heavy atom. The zero-order chi connectivity index (χ0) is 12.5. The third-order valence-electron chi connectivity index (χ3n) is 2.00. The second-order valence-electron chi connectivity index (χ2n) is 4.80. The number of anilines is 1. The molecule has 0 unspecified atom stereocenters. The van der Waals surface area contributed by atoms with Gasteiger partial charge in [0.1, 0.15) is 11.0 Å². The monoisotopic (exact) mass is 250 g/mol.